The molecule has 0 saturated heterocycles. The molecule has 0 aliphatic rings. The molecule has 0 bridgehead atoms. The third kappa shape index (κ3) is 3.90. The lowest BCUT2D eigenvalue weighted by molar-refractivity contribution is 0.346. The Morgan fingerprint density at radius 2 is 1.75 bits per heavy atom. The highest BCUT2D eigenvalue weighted by atomic mass is 32.2. The normalized spacial score (nSPS) is 9.69. The quantitative estimate of drug-likeness (QED) is 0.611. The molecule has 88 valence electrons. The smallest absolute Gasteiger partial charge is 0.224 e. The molecule has 0 aromatic heterocycles. The Morgan fingerprint density at radius 3 is 2.19 bits per heavy atom. The summed E-state index contributed by atoms with van der Waals surface area (Å²) in [5, 5.41) is 0. The number of hydrogen-bond donors (Lipinski definition) is 0. The van der Waals surface area contributed by atoms with E-state index in [1.807, 2.05) is 25.1 Å². The molecule has 0 unspecified atom stereocenters. The van der Waals surface area contributed by atoms with Crippen LogP contribution < -0.4 is 9.47 Å². The van der Waals surface area contributed by atoms with E-state index in [-0.39, 0.29) is 0 Å². The van der Waals surface area contributed by atoms with E-state index in [2.05, 4.69) is 0 Å². The Bertz CT molecular complexity index is 344. The first kappa shape index (κ1) is 13.1. The Hall–Kier alpha value is -0.940. The largest absolute Gasteiger partial charge is 0.497 e. The number of rotatable bonds is 4. The highest BCUT2D eigenvalue weighted by molar-refractivity contribution is 8.22. The van der Waals surface area contributed by atoms with Crippen LogP contribution in [0.4, 0.5) is 0 Å². The lowest BCUT2D eigenvalue weighted by Gasteiger charge is -2.08. The van der Waals surface area contributed by atoms with E-state index < -0.39 is 0 Å². The minimum absolute atomic E-state index is 0.498. The van der Waals surface area contributed by atoms with Gasteiger partial charge in [-0.25, -0.2) is 0 Å². The number of methoxy groups -OCH3 is 2. The monoisotopic (exact) mass is 258 g/mol. The molecule has 5 heteroatoms. The summed E-state index contributed by atoms with van der Waals surface area (Å²) in [6, 6.07) is 5.59. The van der Waals surface area contributed by atoms with E-state index in [4.69, 9.17) is 26.4 Å². The van der Waals surface area contributed by atoms with Crippen LogP contribution >= 0.6 is 24.0 Å². The van der Waals surface area contributed by atoms with Crippen molar-refractivity contribution < 1.29 is 14.2 Å². The summed E-state index contributed by atoms with van der Waals surface area (Å²) in [7, 11) is 3.23. The van der Waals surface area contributed by atoms with Gasteiger partial charge in [-0.3, -0.25) is 0 Å². The van der Waals surface area contributed by atoms with Crippen LogP contribution in [0.1, 0.15) is 6.92 Å². The predicted octanol–water partition coefficient (Wildman–Crippen LogP) is 3.12. The van der Waals surface area contributed by atoms with Crippen LogP contribution in [-0.2, 0) is 4.74 Å². The van der Waals surface area contributed by atoms with Crippen LogP contribution in [0.15, 0.2) is 23.1 Å². The molecule has 1 aromatic carbocycles. The summed E-state index contributed by atoms with van der Waals surface area (Å²) in [5.41, 5.74) is 0. The van der Waals surface area contributed by atoms with Crippen LogP contribution in [0.25, 0.3) is 0 Å². The van der Waals surface area contributed by atoms with Crippen molar-refractivity contribution >= 4 is 28.4 Å². The second kappa shape index (κ2) is 6.60. The van der Waals surface area contributed by atoms with Crippen LogP contribution in [0.3, 0.4) is 0 Å². The van der Waals surface area contributed by atoms with Crippen LogP contribution in [0.2, 0.25) is 0 Å². The first-order chi connectivity index (χ1) is 7.69. The molecule has 0 atom stereocenters. The molecule has 0 amide bonds. The molecule has 0 aliphatic carbocycles. The zero-order chi connectivity index (χ0) is 12.0. The van der Waals surface area contributed by atoms with E-state index in [0.29, 0.717) is 11.0 Å². The van der Waals surface area contributed by atoms with E-state index >= 15 is 0 Å². The van der Waals surface area contributed by atoms with Gasteiger partial charge in [0, 0.05) is 11.0 Å². The number of hydrogen-bond acceptors (Lipinski definition) is 5. The van der Waals surface area contributed by atoms with Gasteiger partial charge in [-0.1, -0.05) is 0 Å². The highest BCUT2D eigenvalue weighted by Crippen LogP contribution is 2.30. The number of thioether (sulfide) groups is 1. The predicted molar refractivity (Wildman–Crippen MR) is 69.6 cm³/mol. The van der Waals surface area contributed by atoms with Gasteiger partial charge < -0.3 is 14.2 Å². The molecule has 0 radical (unpaired) electrons. The molecule has 0 fully saturated rings. The van der Waals surface area contributed by atoms with Gasteiger partial charge >= 0.3 is 0 Å². The average Bonchev–Trinajstić information content (AvgIpc) is 2.28. The van der Waals surface area contributed by atoms with Gasteiger partial charge in [0.2, 0.25) is 4.38 Å². The Kier molecular flexibility index (Phi) is 5.42. The van der Waals surface area contributed by atoms with Crippen molar-refractivity contribution in [1.29, 1.82) is 0 Å². The van der Waals surface area contributed by atoms with Crippen LogP contribution in [0.5, 0.6) is 11.5 Å². The molecular formula is C11H14O3S2. The fourth-order valence-electron chi connectivity index (χ4n) is 1.08. The van der Waals surface area contributed by atoms with Gasteiger partial charge in [0.1, 0.15) is 11.5 Å². The summed E-state index contributed by atoms with van der Waals surface area (Å²) < 4.78 is 16.0. The summed E-state index contributed by atoms with van der Waals surface area (Å²) in [6.45, 7) is 2.48. The van der Waals surface area contributed by atoms with Crippen molar-refractivity contribution in [2.24, 2.45) is 0 Å². The summed E-state index contributed by atoms with van der Waals surface area (Å²) in [6.07, 6.45) is 0. The molecule has 0 heterocycles. The fourth-order valence-corrected chi connectivity index (χ4v) is 2.21. The Balaban J connectivity index is 2.82. The highest BCUT2D eigenvalue weighted by Gasteiger charge is 2.05. The van der Waals surface area contributed by atoms with Crippen molar-refractivity contribution in [3.63, 3.8) is 0 Å². The van der Waals surface area contributed by atoms with Crippen LogP contribution in [-0.4, -0.2) is 25.2 Å². The third-order valence-corrected chi connectivity index (χ3v) is 2.91. The lowest BCUT2D eigenvalue weighted by Crippen LogP contribution is -1.96. The first-order valence-corrected chi connectivity index (χ1v) is 5.99. The van der Waals surface area contributed by atoms with Crippen molar-refractivity contribution in [3.05, 3.63) is 18.2 Å². The van der Waals surface area contributed by atoms with E-state index in [1.54, 1.807) is 14.2 Å². The van der Waals surface area contributed by atoms with Crippen molar-refractivity contribution in [2.75, 3.05) is 20.8 Å². The average molecular weight is 258 g/mol. The molecule has 0 saturated carbocycles. The summed E-state index contributed by atoms with van der Waals surface area (Å²) >= 11 is 6.43. The standard InChI is InChI=1S/C11H14O3S2/c1-4-14-11(15)16-10-6-8(12-2)5-9(7-10)13-3/h5-7H,4H2,1-3H3. The van der Waals surface area contributed by atoms with Crippen molar-refractivity contribution in [2.45, 2.75) is 11.8 Å². The van der Waals surface area contributed by atoms with Gasteiger partial charge in [-0.15, -0.1) is 0 Å². The van der Waals surface area contributed by atoms with Crippen molar-refractivity contribution in [1.82, 2.24) is 0 Å². The molecule has 0 N–H and O–H groups in total. The van der Waals surface area contributed by atoms with Gasteiger partial charge in [0.15, 0.2) is 0 Å². The van der Waals surface area contributed by atoms with E-state index in [0.717, 1.165) is 16.4 Å². The minimum Gasteiger partial charge on any atom is -0.497 e. The number of thiocarbonyl (C=S) groups is 1. The van der Waals surface area contributed by atoms with Gasteiger partial charge in [0.25, 0.3) is 0 Å². The lowest BCUT2D eigenvalue weighted by atomic mass is 10.3. The minimum atomic E-state index is 0.498. The Labute approximate surface area is 105 Å². The molecule has 0 spiro atoms. The Morgan fingerprint density at radius 1 is 1.19 bits per heavy atom. The summed E-state index contributed by atoms with van der Waals surface area (Å²) in [5.74, 6) is 1.47. The van der Waals surface area contributed by atoms with E-state index in [1.165, 1.54) is 11.8 Å². The molecular weight excluding hydrogens is 244 g/mol. The van der Waals surface area contributed by atoms with Crippen molar-refractivity contribution in [3.8, 4) is 11.5 Å². The fraction of sp³-hybridized carbons (Fsp3) is 0.364. The maximum absolute atomic E-state index is 5.21. The molecule has 1 rings (SSSR count). The summed E-state index contributed by atoms with van der Waals surface area (Å²) in [4.78, 5) is 0.939. The van der Waals surface area contributed by atoms with Gasteiger partial charge in [-0.05, 0) is 43.0 Å². The maximum Gasteiger partial charge on any atom is 0.224 e. The van der Waals surface area contributed by atoms with Crippen LogP contribution in [0, 0.1) is 0 Å². The number of ether oxygens (including phenoxy) is 3. The van der Waals surface area contributed by atoms with Gasteiger partial charge in [-0.2, -0.15) is 0 Å². The topological polar surface area (TPSA) is 27.7 Å². The molecule has 1 aromatic rings. The molecule has 0 aliphatic heterocycles. The third-order valence-electron chi connectivity index (χ3n) is 1.79. The zero-order valence-corrected chi connectivity index (χ0v) is 11.1. The first-order valence-electron chi connectivity index (χ1n) is 4.77. The molecule has 3 nitrogen and oxygen atoms in total. The van der Waals surface area contributed by atoms with E-state index in [9.17, 15) is 0 Å². The molecule has 16 heavy (non-hydrogen) atoms. The SMILES string of the molecule is CCOC(=S)Sc1cc(OC)cc(OC)c1. The second-order valence-electron chi connectivity index (χ2n) is 2.83. The second-order valence-corrected chi connectivity index (χ2v) is 4.51. The number of benzene rings is 1. The maximum atomic E-state index is 5.21. The zero-order valence-electron chi connectivity index (χ0n) is 9.48. The van der Waals surface area contributed by atoms with Gasteiger partial charge in [0.05, 0.1) is 20.8 Å².